The number of carbonyl (C=O) groups excluding carboxylic acids is 7. The van der Waals surface area contributed by atoms with Crippen molar-refractivity contribution in [1.29, 1.82) is 0 Å². The summed E-state index contributed by atoms with van der Waals surface area (Å²) in [5.74, 6) is -5.96. The molecule has 0 bridgehead atoms. The minimum absolute atomic E-state index is 0.0576. The third-order valence-corrected chi connectivity index (χ3v) is 13.1. The maximum absolute atomic E-state index is 14.5. The summed E-state index contributed by atoms with van der Waals surface area (Å²) in [7, 11) is 5.32. The van der Waals surface area contributed by atoms with Crippen molar-refractivity contribution in [3.8, 4) is 0 Å². The second-order valence-electron chi connectivity index (χ2n) is 20.4. The minimum Gasteiger partial charge on any atom is -0.480 e. The lowest BCUT2D eigenvalue weighted by atomic mass is 9.75. The number of carbonyl (C=O) groups is 9. The minimum atomic E-state index is -1.50. The second kappa shape index (κ2) is 26.2. The number of imide groups is 1. The number of nitrogens with zero attached hydrogens (tertiary/aromatic N) is 3. The van der Waals surface area contributed by atoms with Gasteiger partial charge in [-0.25, -0.2) is 9.59 Å². The van der Waals surface area contributed by atoms with E-state index in [0.717, 1.165) is 28.9 Å². The second-order valence-corrected chi connectivity index (χ2v) is 20.4. The lowest BCUT2D eigenvalue weighted by molar-refractivity contribution is -0.143. The van der Waals surface area contributed by atoms with E-state index in [0.29, 0.717) is 45.2 Å². The van der Waals surface area contributed by atoms with Crippen molar-refractivity contribution in [2.75, 3.05) is 27.2 Å². The molecule has 70 heavy (non-hydrogen) atoms. The van der Waals surface area contributed by atoms with Crippen LogP contribution >= 0.6 is 0 Å². The van der Waals surface area contributed by atoms with E-state index in [1.165, 1.54) is 29.7 Å². The molecule has 0 aromatic carbocycles. The van der Waals surface area contributed by atoms with E-state index in [-0.39, 0.29) is 60.3 Å². The highest BCUT2D eigenvalue weighted by atomic mass is 16.4. The average Bonchev–Trinajstić information content (AvgIpc) is 3.80. The molecule has 7 N–H and O–H groups in total. The number of carboxylic acid groups (broad SMARTS) is 2. The highest BCUT2D eigenvalue weighted by molar-refractivity contribution is 6.12. The van der Waals surface area contributed by atoms with Crippen LogP contribution in [-0.2, 0) is 62.0 Å². The van der Waals surface area contributed by atoms with Gasteiger partial charge in [-0.05, 0) is 87.8 Å². The average molecular weight is 979 g/mol. The molecule has 0 radical (unpaired) electrons. The van der Waals surface area contributed by atoms with E-state index in [1.807, 2.05) is 55.5 Å². The van der Waals surface area contributed by atoms with Gasteiger partial charge in [-0.3, -0.25) is 38.5 Å². The Morgan fingerprint density at radius 2 is 1.43 bits per heavy atom. The molecule has 0 saturated carbocycles. The number of unbranched alkanes of at least 4 members (excludes halogenated alkanes) is 3. The van der Waals surface area contributed by atoms with E-state index >= 15 is 0 Å². The summed E-state index contributed by atoms with van der Waals surface area (Å²) in [5, 5.41) is 33.6. The van der Waals surface area contributed by atoms with E-state index in [2.05, 4.69) is 49.5 Å². The third kappa shape index (κ3) is 16.2. The summed E-state index contributed by atoms with van der Waals surface area (Å²) in [4.78, 5) is 117. The Labute approximate surface area is 412 Å². The van der Waals surface area contributed by atoms with Gasteiger partial charge in [-0.15, -0.1) is 0 Å². The summed E-state index contributed by atoms with van der Waals surface area (Å²) < 4.78 is 2.11. The molecule has 2 aliphatic rings. The van der Waals surface area contributed by atoms with Crippen molar-refractivity contribution in [3.05, 3.63) is 52.9 Å². The third-order valence-electron chi connectivity index (χ3n) is 13.1. The fourth-order valence-electron chi connectivity index (χ4n) is 8.90. The number of rotatable bonds is 28. The van der Waals surface area contributed by atoms with Crippen LogP contribution in [0.25, 0.3) is 6.08 Å². The zero-order valence-electron chi connectivity index (χ0n) is 43.0. The predicted octanol–water partition coefficient (Wildman–Crippen LogP) is 3.50. The molecule has 19 heteroatoms. The zero-order chi connectivity index (χ0) is 52.7. The number of amides is 7. The molecule has 1 aliphatic carbocycles. The van der Waals surface area contributed by atoms with Crippen LogP contribution in [-0.4, -0.2) is 135 Å². The molecule has 5 atom stereocenters. The summed E-state index contributed by atoms with van der Waals surface area (Å²) in [6.07, 6.45) is 14.4. The zero-order valence-corrected chi connectivity index (χ0v) is 43.0. The van der Waals surface area contributed by atoms with Gasteiger partial charge in [0.1, 0.15) is 18.1 Å². The smallest absolute Gasteiger partial charge is 0.326 e. The number of aromatic nitrogens is 1. The molecule has 0 spiro atoms. The lowest BCUT2D eigenvalue weighted by Gasteiger charge is -2.40. The van der Waals surface area contributed by atoms with Crippen LogP contribution in [0.2, 0.25) is 0 Å². The van der Waals surface area contributed by atoms with Crippen molar-refractivity contribution in [3.63, 3.8) is 0 Å². The number of nitrogens with one attached hydrogen (secondary N) is 5. The molecule has 0 fully saturated rings. The Hall–Kier alpha value is -6.11. The highest BCUT2D eigenvalue weighted by Crippen LogP contribution is 2.36. The highest BCUT2D eigenvalue weighted by Gasteiger charge is 2.43. The SMILES string of the molecule is CN[C@H](C(=O)N[C@H](C(=O)N(C)[C@H](/C=C(\C)C(=O)N[C@H](CCC(=O)N[C@@H](CCCCNC(=O)CCCCCN1C(=O)C=CC1=O)C(=O)O)C(=O)O)C(C)C)C(C)(C)C)C(C)(C)c1cn(C)c2c1C=CCC2. The van der Waals surface area contributed by atoms with Gasteiger partial charge in [0, 0.05) is 75.1 Å². The fourth-order valence-corrected chi connectivity index (χ4v) is 8.90. The number of aryl methyl sites for hydroxylation is 1. The topological polar surface area (TPSA) is 266 Å². The molecule has 19 nitrogen and oxygen atoms in total. The Morgan fingerprint density at radius 3 is 2.01 bits per heavy atom. The normalized spacial score (nSPS) is 16.0. The van der Waals surface area contributed by atoms with E-state index in [9.17, 15) is 53.4 Å². The van der Waals surface area contributed by atoms with Crippen molar-refractivity contribution in [2.24, 2.45) is 18.4 Å². The molecule has 388 valence electrons. The van der Waals surface area contributed by atoms with Gasteiger partial charge in [0.2, 0.25) is 29.5 Å². The summed E-state index contributed by atoms with van der Waals surface area (Å²) in [6.45, 7) is 15.4. The molecule has 7 amide bonds. The molecule has 0 unspecified atom stereocenters. The number of hydrogen-bond acceptors (Lipinski definition) is 10. The van der Waals surface area contributed by atoms with E-state index in [1.54, 1.807) is 20.2 Å². The molecule has 1 aromatic rings. The summed E-state index contributed by atoms with van der Waals surface area (Å²) in [5.41, 5.74) is 2.03. The lowest BCUT2D eigenvalue weighted by Crippen LogP contribution is -2.61. The molecule has 0 saturated heterocycles. The molecule has 2 heterocycles. The van der Waals surface area contributed by atoms with Crippen LogP contribution in [0.1, 0.15) is 136 Å². The van der Waals surface area contributed by atoms with Crippen molar-refractivity contribution >= 4 is 59.4 Å². The van der Waals surface area contributed by atoms with Gasteiger partial charge < -0.3 is 46.3 Å². The number of carboxylic acids is 2. The van der Waals surface area contributed by atoms with Crippen molar-refractivity contribution in [1.82, 2.24) is 41.0 Å². The van der Waals surface area contributed by atoms with Crippen LogP contribution in [0.5, 0.6) is 0 Å². The molecule has 1 aliphatic heterocycles. The van der Waals surface area contributed by atoms with Gasteiger partial charge in [0.15, 0.2) is 0 Å². The number of fused-ring (bicyclic) bond motifs is 1. The van der Waals surface area contributed by atoms with Crippen LogP contribution in [0.15, 0.2) is 36.1 Å². The Morgan fingerprint density at radius 1 is 0.800 bits per heavy atom. The van der Waals surface area contributed by atoms with E-state index in [4.69, 9.17) is 0 Å². The Balaban J connectivity index is 1.54. The summed E-state index contributed by atoms with van der Waals surface area (Å²) >= 11 is 0. The Bertz CT molecular complexity index is 2160. The molecular weight excluding hydrogens is 901 g/mol. The van der Waals surface area contributed by atoms with Gasteiger partial charge in [-0.2, -0.15) is 0 Å². The standard InChI is InChI=1S/C51H78N8O11/c1-31(2)38(58(11)47(66)44(50(4,5)6)56-46(65)43(52-9)51(7,8)34-30-57(10)37-21-15-14-19-33(34)37)29-32(3)45(64)55-36(49(69)70)23-24-40(61)54-35(48(67)68)20-16-17-27-53-39(60)22-13-12-18-28-59-41(62)25-26-42(59)63/h14,19,25-26,29-31,35-36,38,43-44,52H,12-13,15-18,20-24,27-28H2,1-11H3,(H,53,60)(H,54,61)(H,55,64)(H,56,65)(H,67,68)(H,69,70)/b32-29+/t35-,36+,38+,43+,44+/m0/s1. The first-order chi connectivity index (χ1) is 32.7. The fraction of sp³-hybridized carbons (Fsp3) is 0.627. The van der Waals surface area contributed by atoms with Gasteiger partial charge in [-0.1, -0.05) is 73.1 Å². The van der Waals surface area contributed by atoms with Crippen LogP contribution in [0, 0.1) is 11.3 Å². The number of likely N-dealkylation sites (N-methyl/N-ethyl adjacent to an activating group) is 2. The first-order valence-corrected chi connectivity index (χ1v) is 24.4. The maximum Gasteiger partial charge on any atom is 0.326 e. The summed E-state index contributed by atoms with van der Waals surface area (Å²) in [6, 6.07) is -5.09. The Kier molecular flexibility index (Phi) is 21.8. The van der Waals surface area contributed by atoms with Crippen LogP contribution < -0.4 is 26.6 Å². The molecule has 1 aromatic heterocycles. The number of aliphatic carboxylic acids is 2. The number of hydrogen-bond donors (Lipinski definition) is 7. The van der Waals surface area contributed by atoms with Crippen molar-refractivity contribution < 1.29 is 53.4 Å². The van der Waals surface area contributed by atoms with Gasteiger partial charge in [0.05, 0.1) is 12.1 Å². The first-order valence-electron chi connectivity index (χ1n) is 24.4. The molecule has 3 rings (SSSR count). The van der Waals surface area contributed by atoms with Crippen molar-refractivity contribution in [2.45, 2.75) is 162 Å². The number of allylic oxidation sites excluding steroid dienone is 1. The first kappa shape index (κ1) is 58.2. The monoisotopic (exact) mass is 979 g/mol. The van der Waals surface area contributed by atoms with Crippen LogP contribution in [0.4, 0.5) is 0 Å². The van der Waals surface area contributed by atoms with Gasteiger partial charge in [0.25, 0.3) is 11.8 Å². The molecular formula is C51H78N8O11. The van der Waals surface area contributed by atoms with Crippen LogP contribution in [0.3, 0.4) is 0 Å². The predicted molar refractivity (Wildman–Crippen MR) is 265 cm³/mol. The largest absolute Gasteiger partial charge is 0.480 e. The van der Waals surface area contributed by atoms with E-state index < -0.39 is 71.2 Å². The maximum atomic E-state index is 14.5. The quantitative estimate of drug-likeness (QED) is 0.0362. The van der Waals surface area contributed by atoms with Gasteiger partial charge >= 0.3 is 11.9 Å².